The van der Waals surface area contributed by atoms with Gasteiger partial charge in [0.05, 0.1) is 0 Å². The molecule has 0 spiro atoms. The standard InChI is InChI=1S/C50H67BrO33/c1-18(52)65-14-31-36(39(70-23(6)57)43(47(51)78-31)74-27(10)61)82-49-45(76-29(12)63)41(72-25(8)59)38(33(80-49)16-67-20(3)54)84-50-46(77-30(13)64)42(73-26(9)60)37(34(81-50)17-68-21(4)55)83-48-44(75-28(11)62)40(71-24(7)58)35(69-22(5)56)32(79-48)15-66-19(2)53/h31-50H,14-17H2,1-13H3. The summed E-state index contributed by atoms with van der Waals surface area (Å²) in [6.07, 6.45) is -35.7. The number of carbonyl (C=O) groups is 13. The molecule has 84 heavy (non-hydrogen) atoms. The third-order valence-corrected chi connectivity index (χ3v) is 12.5. The minimum atomic E-state index is -2.19. The maximum absolute atomic E-state index is 13.3. The number of carbonyl (C=O) groups excluding carboxylic acids is 13. The molecule has 20 unspecified atom stereocenters. The molecular formula is C50H67BrO33. The van der Waals surface area contributed by atoms with Crippen LogP contribution in [0.5, 0.6) is 0 Å². The molecule has 33 nitrogen and oxygen atoms in total. The topological polar surface area (TPSA) is 407 Å². The lowest BCUT2D eigenvalue weighted by Gasteiger charge is -2.51. The molecule has 0 radical (unpaired) electrons. The molecule has 0 aromatic rings. The molecule has 0 aromatic carbocycles. The molecule has 20 atom stereocenters. The maximum Gasteiger partial charge on any atom is 0.303 e. The van der Waals surface area contributed by atoms with E-state index in [1.807, 2.05) is 0 Å². The molecule has 4 fully saturated rings. The number of esters is 13. The van der Waals surface area contributed by atoms with Crippen molar-refractivity contribution in [2.24, 2.45) is 0 Å². The largest absolute Gasteiger partial charge is 0.463 e. The summed E-state index contributed by atoms with van der Waals surface area (Å²) in [5, 5.41) is -1.27. The van der Waals surface area contributed by atoms with Crippen LogP contribution in [0.1, 0.15) is 90.0 Å². The van der Waals surface area contributed by atoms with Crippen molar-refractivity contribution in [2.45, 2.75) is 212 Å². The van der Waals surface area contributed by atoms with E-state index in [0.29, 0.717) is 0 Å². The zero-order valence-electron chi connectivity index (χ0n) is 47.7. The van der Waals surface area contributed by atoms with Crippen molar-refractivity contribution in [1.29, 1.82) is 0 Å². The Kier molecular flexibility index (Phi) is 26.6. The van der Waals surface area contributed by atoms with Gasteiger partial charge in [0.15, 0.2) is 78.8 Å². The smallest absolute Gasteiger partial charge is 0.303 e. The highest BCUT2D eigenvalue weighted by atomic mass is 79.9. The van der Waals surface area contributed by atoms with Crippen LogP contribution in [0.2, 0.25) is 0 Å². The highest BCUT2D eigenvalue weighted by Gasteiger charge is 2.61. The van der Waals surface area contributed by atoms with Crippen LogP contribution in [0.25, 0.3) is 0 Å². The Hall–Kier alpha value is -6.69. The molecular weight excluding hydrogens is 1210 g/mol. The Morgan fingerprint density at radius 3 is 0.690 bits per heavy atom. The van der Waals surface area contributed by atoms with Gasteiger partial charge in [-0.25, -0.2) is 0 Å². The van der Waals surface area contributed by atoms with Crippen molar-refractivity contribution < 1.29 is 157 Å². The molecule has 0 bridgehead atoms. The minimum Gasteiger partial charge on any atom is -0.463 e. The van der Waals surface area contributed by atoms with Gasteiger partial charge in [-0.05, 0) is 0 Å². The Morgan fingerprint density at radius 2 is 0.440 bits per heavy atom. The predicted molar refractivity (Wildman–Crippen MR) is 265 cm³/mol. The first kappa shape index (κ1) is 69.8. The summed E-state index contributed by atoms with van der Waals surface area (Å²) in [7, 11) is 0. The van der Waals surface area contributed by atoms with Gasteiger partial charge < -0.3 is 94.7 Å². The van der Waals surface area contributed by atoms with E-state index in [2.05, 4.69) is 15.9 Å². The molecule has 0 amide bonds. The summed E-state index contributed by atoms with van der Waals surface area (Å²) in [4.78, 5) is 165. The van der Waals surface area contributed by atoms with Gasteiger partial charge in [-0.2, -0.15) is 0 Å². The quantitative estimate of drug-likeness (QED) is 0.0678. The summed E-state index contributed by atoms with van der Waals surface area (Å²) < 4.78 is 116. The normalized spacial score (nSPS) is 32.7. The summed E-state index contributed by atoms with van der Waals surface area (Å²) >= 11 is 3.24. The van der Waals surface area contributed by atoms with Gasteiger partial charge in [-0.3, -0.25) is 62.3 Å². The van der Waals surface area contributed by atoms with Crippen molar-refractivity contribution >= 4 is 93.5 Å². The van der Waals surface area contributed by atoms with E-state index in [1.165, 1.54) is 0 Å². The summed E-state index contributed by atoms with van der Waals surface area (Å²) in [6.45, 7) is 9.42. The Labute approximate surface area is 487 Å². The zero-order chi connectivity index (χ0) is 63.0. The van der Waals surface area contributed by atoms with Gasteiger partial charge in [-0.1, -0.05) is 15.9 Å². The number of ether oxygens (including phenoxy) is 20. The predicted octanol–water partition coefficient (Wildman–Crippen LogP) is -0.926. The summed E-state index contributed by atoms with van der Waals surface area (Å²) in [6, 6.07) is 0. The SMILES string of the molecule is CC(=O)OCC1OC(Br)C(OC(C)=O)C(OC(C)=O)C1OC1OC(COC(C)=O)C(OC2OC(COC(C)=O)C(OC3OC(COC(C)=O)C(OC(C)=O)C(OC(C)=O)C3OC(C)=O)C(OC(C)=O)C2OC(C)=O)C(OC(C)=O)C1OC(C)=O. The van der Waals surface area contributed by atoms with Crippen molar-refractivity contribution in [1.82, 2.24) is 0 Å². The van der Waals surface area contributed by atoms with E-state index in [0.717, 1.165) is 90.0 Å². The van der Waals surface area contributed by atoms with Crippen LogP contribution in [-0.4, -0.2) is 226 Å². The van der Waals surface area contributed by atoms with E-state index < -0.39 is 226 Å². The summed E-state index contributed by atoms with van der Waals surface area (Å²) in [5.41, 5.74) is 0. The lowest BCUT2D eigenvalue weighted by molar-refractivity contribution is -0.385. The average Bonchev–Trinajstić information content (AvgIpc) is 3.03. The van der Waals surface area contributed by atoms with Crippen molar-refractivity contribution in [3.05, 3.63) is 0 Å². The van der Waals surface area contributed by atoms with E-state index in [1.54, 1.807) is 0 Å². The van der Waals surface area contributed by atoms with E-state index >= 15 is 0 Å². The molecule has 0 saturated carbocycles. The van der Waals surface area contributed by atoms with Gasteiger partial charge in [0.2, 0.25) is 0 Å². The lowest BCUT2D eigenvalue weighted by atomic mass is 9.94. The van der Waals surface area contributed by atoms with Gasteiger partial charge >= 0.3 is 77.6 Å². The second kappa shape index (κ2) is 32.0. The fourth-order valence-electron chi connectivity index (χ4n) is 9.03. The van der Waals surface area contributed by atoms with Crippen LogP contribution in [0.15, 0.2) is 0 Å². The molecule has 4 aliphatic rings. The van der Waals surface area contributed by atoms with Gasteiger partial charge in [-0.15, -0.1) is 0 Å². The molecule has 0 aromatic heterocycles. The summed E-state index contributed by atoms with van der Waals surface area (Å²) in [5.74, 6) is -13.0. The monoisotopic (exact) mass is 1270 g/mol. The van der Waals surface area contributed by atoms with Gasteiger partial charge in [0.25, 0.3) is 0 Å². The molecule has 4 saturated heterocycles. The fraction of sp³-hybridized carbons (Fsp3) is 0.740. The highest BCUT2D eigenvalue weighted by molar-refractivity contribution is 9.09. The maximum atomic E-state index is 13.3. The number of hydrogen-bond acceptors (Lipinski definition) is 33. The third-order valence-electron chi connectivity index (χ3n) is 11.7. The average molecular weight is 1280 g/mol. The molecule has 0 N–H and O–H groups in total. The third kappa shape index (κ3) is 20.8. The number of alkyl halides is 1. The molecule has 0 aliphatic carbocycles. The number of hydrogen-bond donors (Lipinski definition) is 0. The van der Waals surface area contributed by atoms with Crippen LogP contribution >= 0.6 is 15.9 Å². The van der Waals surface area contributed by atoms with Crippen LogP contribution < -0.4 is 0 Å². The molecule has 472 valence electrons. The second-order valence-electron chi connectivity index (χ2n) is 18.8. The van der Waals surface area contributed by atoms with Gasteiger partial charge in [0, 0.05) is 90.0 Å². The molecule has 4 heterocycles. The van der Waals surface area contributed by atoms with Crippen molar-refractivity contribution in [2.75, 3.05) is 26.4 Å². The Morgan fingerprint density at radius 1 is 0.250 bits per heavy atom. The molecule has 4 rings (SSSR count). The Balaban J connectivity index is 1.97. The van der Waals surface area contributed by atoms with Crippen molar-refractivity contribution in [3.63, 3.8) is 0 Å². The number of halogens is 1. The van der Waals surface area contributed by atoms with Crippen LogP contribution in [0.4, 0.5) is 0 Å². The van der Waals surface area contributed by atoms with Crippen LogP contribution in [0.3, 0.4) is 0 Å². The lowest BCUT2D eigenvalue weighted by Crippen LogP contribution is -2.69. The first-order valence-electron chi connectivity index (χ1n) is 25.6. The molecule has 4 aliphatic heterocycles. The molecule has 34 heteroatoms. The Bertz CT molecular complexity index is 2410. The van der Waals surface area contributed by atoms with Crippen LogP contribution in [0, 0.1) is 0 Å². The minimum absolute atomic E-state index is 0.638. The zero-order valence-corrected chi connectivity index (χ0v) is 49.3. The number of rotatable bonds is 23. The first-order chi connectivity index (χ1) is 39.3. The highest BCUT2D eigenvalue weighted by Crippen LogP contribution is 2.40. The van der Waals surface area contributed by atoms with E-state index in [9.17, 15) is 62.3 Å². The first-order valence-corrected chi connectivity index (χ1v) is 26.5. The van der Waals surface area contributed by atoms with Crippen molar-refractivity contribution in [3.8, 4) is 0 Å². The fourth-order valence-corrected chi connectivity index (χ4v) is 9.71. The second-order valence-corrected chi connectivity index (χ2v) is 19.7. The van der Waals surface area contributed by atoms with E-state index in [-0.39, 0.29) is 0 Å². The van der Waals surface area contributed by atoms with Crippen LogP contribution in [-0.2, 0) is 157 Å². The van der Waals surface area contributed by atoms with E-state index in [4.69, 9.17) is 94.7 Å². The van der Waals surface area contributed by atoms with Gasteiger partial charge in [0.1, 0.15) is 69.2 Å².